The van der Waals surface area contributed by atoms with Crippen molar-refractivity contribution in [2.45, 2.75) is 51.8 Å². The van der Waals surface area contributed by atoms with E-state index < -0.39 is 0 Å². The molecule has 0 aliphatic carbocycles. The first-order chi connectivity index (χ1) is 8.33. The summed E-state index contributed by atoms with van der Waals surface area (Å²) in [6, 6.07) is 0.581. The van der Waals surface area contributed by atoms with Crippen molar-refractivity contribution < 1.29 is 5.11 Å². The van der Waals surface area contributed by atoms with Gasteiger partial charge in [0.2, 0.25) is 0 Å². The smallest absolute Gasteiger partial charge is 0.108 e. The highest BCUT2D eigenvalue weighted by Crippen LogP contribution is 2.18. The van der Waals surface area contributed by atoms with E-state index in [2.05, 4.69) is 22.1 Å². The molecule has 0 radical (unpaired) electrons. The number of aliphatic hydroxyl groups excluding tert-OH is 1. The molecule has 1 aliphatic heterocycles. The third-order valence-corrected chi connectivity index (χ3v) is 3.41. The Morgan fingerprint density at radius 3 is 3.06 bits per heavy atom. The Hall–Kier alpha value is -0.940. The third kappa shape index (κ3) is 3.26. The van der Waals surface area contributed by atoms with Gasteiger partial charge in [-0.15, -0.1) is 5.10 Å². The van der Waals surface area contributed by atoms with E-state index in [-0.39, 0.29) is 6.61 Å². The number of piperidine rings is 1. The second-order valence-electron chi connectivity index (χ2n) is 4.78. The summed E-state index contributed by atoms with van der Waals surface area (Å²) in [7, 11) is 0. The van der Waals surface area contributed by atoms with Crippen LogP contribution in [0.15, 0.2) is 6.20 Å². The molecule has 1 saturated heterocycles. The molecule has 1 N–H and O–H groups in total. The fourth-order valence-electron chi connectivity index (χ4n) is 2.56. The van der Waals surface area contributed by atoms with Crippen LogP contribution < -0.4 is 0 Å². The molecule has 2 rings (SSSR count). The molecule has 2 heterocycles. The number of hydrogen-bond acceptors (Lipinski definition) is 4. The molecular weight excluding hydrogens is 216 g/mol. The van der Waals surface area contributed by atoms with Crippen molar-refractivity contribution in [3.8, 4) is 0 Å². The molecule has 0 aromatic carbocycles. The Morgan fingerprint density at radius 1 is 1.47 bits per heavy atom. The van der Waals surface area contributed by atoms with Gasteiger partial charge in [-0.3, -0.25) is 9.58 Å². The fourth-order valence-corrected chi connectivity index (χ4v) is 2.56. The van der Waals surface area contributed by atoms with Crippen LogP contribution in [0.4, 0.5) is 0 Å². The molecule has 1 aliphatic rings. The number of hydrogen-bond donors (Lipinski definition) is 1. The van der Waals surface area contributed by atoms with E-state index in [9.17, 15) is 0 Å². The van der Waals surface area contributed by atoms with Crippen LogP contribution in [0.1, 0.15) is 38.3 Å². The largest absolute Gasteiger partial charge is 0.390 e. The Labute approximate surface area is 102 Å². The predicted octanol–water partition coefficient (Wildman–Crippen LogP) is 1.03. The second-order valence-corrected chi connectivity index (χ2v) is 4.78. The van der Waals surface area contributed by atoms with E-state index in [0.717, 1.165) is 6.54 Å². The minimum Gasteiger partial charge on any atom is -0.390 e. The van der Waals surface area contributed by atoms with Gasteiger partial charge in [-0.05, 0) is 32.4 Å². The van der Waals surface area contributed by atoms with Gasteiger partial charge in [0.1, 0.15) is 5.69 Å². The van der Waals surface area contributed by atoms with Gasteiger partial charge in [0.05, 0.1) is 19.3 Å². The molecule has 5 nitrogen and oxygen atoms in total. The number of likely N-dealkylation sites (tertiary alicyclic amines) is 1. The lowest BCUT2D eigenvalue weighted by atomic mass is 10.0. The molecule has 0 saturated carbocycles. The molecule has 1 atom stereocenters. The first kappa shape index (κ1) is 12.5. The molecular formula is C12H22N4O. The summed E-state index contributed by atoms with van der Waals surface area (Å²) in [6.45, 7) is 5.48. The zero-order valence-electron chi connectivity index (χ0n) is 10.5. The Balaban J connectivity index is 1.95. The van der Waals surface area contributed by atoms with Crippen LogP contribution in [0.25, 0.3) is 0 Å². The SMILES string of the molecule is CCCN1CCCC[C@@H]1Cn1cc(CO)nn1. The van der Waals surface area contributed by atoms with Gasteiger partial charge in [0, 0.05) is 6.04 Å². The van der Waals surface area contributed by atoms with Crippen LogP contribution in [0.3, 0.4) is 0 Å². The summed E-state index contributed by atoms with van der Waals surface area (Å²) in [6.07, 6.45) is 6.92. The first-order valence-corrected chi connectivity index (χ1v) is 6.57. The maximum atomic E-state index is 8.97. The van der Waals surface area contributed by atoms with Crippen molar-refractivity contribution >= 4 is 0 Å². The molecule has 0 amide bonds. The maximum absolute atomic E-state index is 8.97. The minimum atomic E-state index is -0.0245. The maximum Gasteiger partial charge on any atom is 0.108 e. The lowest BCUT2D eigenvalue weighted by molar-refractivity contribution is 0.129. The minimum absolute atomic E-state index is 0.0245. The predicted molar refractivity (Wildman–Crippen MR) is 65.4 cm³/mol. The van der Waals surface area contributed by atoms with Crippen molar-refractivity contribution in [3.05, 3.63) is 11.9 Å². The summed E-state index contributed by atoms with van der Waals surface area (Å²) in [5.74, 6) is 0. The lowest BCUT2D eigenvalue weighted by Gasteiger charge is -2.35. The number of aliphatic hydroxyl groups is 1. The van der Waals surface area contributed by atoms with Gasteiger partial charge in [-0.1, -0.05) is 18.6 Å². The average molecular weight is 238 g/mol. The monoisotopic (exact) mass is 238 g/mol. The second kappa shape index (κ2) is 6.12. The van der Waals surface area contributed by atoms with Crippen LogP contribution in [-0.2, 0) is 13.2 Å². The molecule has 0 bridgehead atoms. The van der Waals surface area contributed by atoms with Gasteiger partial charge >= 0.3 is 0 Å². The number of nitrogens with zero attached hydrogens (tertiary/aromatic N) is 4. The summed E-state index contributed by atoms with van der Waals surface area (Å²) in [5.41, 5.74) is 0.655. The van der Waals surface area contributed by atoms with E-state index >= 15 is 0 Å². The van der Waals surface area contributed by atoms with Crippen molar-refractivity contribution in [1.82, 2.24) is 19.9 Å². The van der Waals surface area contributed by atoms with Crippen LogP contribution in [0.5, 0.6) is 0 Å². The summed E-state index contributed by atoms with van der Waals surface area (Å²) in [5, 5.41) is 16.9. The normalized spacial score (nSPS) is 21.9. The van der Waals surface area contributed by atoms with Gasteiger partial charge in [-0.25, -0.2) is 0 Å². The zero-order chi connectivity index (χ0) is 12.1. The van der Waals surface area contributed by atoms with Gasteiger partial charge < -0.3 is 5.11 Å². The number of aromatic nitrogens is 3. The highest BCUT2D eigenvalue weighted by Gasteiger charge is 2.22. The highest BCUT2D eigenvalue weighted by molar-refractivity contribution is 4.90. The average Bonchev–Trinajstić information content (AvgIpc) is 2.80. The van der Waals surface area contributed by atoms with E-state index in [4.69, 9.17) is 5.11 Å². The molecule has 0 unspecified atom stereocenters. The third-order valence-electron chi connectivity index (χ3n) is 3.41. The molecule has 96 valence electrons. The quantitative estimate of drug-likeness (QED) is 0.832. The van der Waals surface area contributed by atoms with Crippen LogP contribution >= 0.6 is 0 Å². The molecule has 1 aromatic heterocycles. The number of rotatable bonds is 5. The molecule has 0 spiro atoms. The Morgan fingerprint density at radius 2 is 2.35 bits per heavy atom. The fraction of sp³-hybridized carbons (Fsp3) is 0.833. The first-order valence-electron chi connectivity index (χ1n) is 6.57. The highest BCUT2D eigenvalue weighted by atomic mass is 16.3. The Kier molecular flexibility index (Phi) is 4.50. The van der Waals surface area contributed by atoms with E-state index in [1.54, 1.807) is 0 Å². The topological polar surface area (TPSA) is 54.2 Å². The summed E-state index contributed by atoms with van der Waals surface area (Å²) < 4.78 is 1.87. The van der Waals surface area contributed by atoms with Crippen LogP contribution in [0, 0.1) is 0 Å². The van der Waals surface area contributed by atoms with E-state index in [1.807, 2.05) is 10.9 Å². The van der Waals surface area contributed by atoms with Crippen molar-refractivity contribution in [2.24, 2.45) is 0 Å². The molecule has 5 heteroatoms. The summed E-state index contributed by atoms with van der Waals surface area (Å²) in [4.78, 5) is 2.56. The van der Waals surface area contributed by atoms with Gasteiger partial charge in [0.15, 0.2) is 0 Å². The lowest BCUT2D eigenvalue weighted by Crippen LogP contribution is -2.42. The standard InChI is InChI=1S/C12H22N4O/c1-2-6-15-7-4-3-5-12(15)9-16-8-11(10-17)13-14-16/h8,12,17H,2-7,9-10H2,1H3/t12-/m1/s1. The van der Waals surface area contributed by atoms with Crippen molar-refractivity contribution in [3.63, 3.8) is 0 Å². The van der Waals surface area contributed by atoms with E-state index in [0.29, 0.717) is 11.7 Å². The van der Waals surface area contributed by atoms with Gasteiger partial charge in [-0.2, -0.15) is 0 Å². The van der Waals surface area contributed by atoms with Gasteiger partial charge in [0.25, 0.3) is 0 Å². The van der Waals surface area contributed by atoms with Crippen molar-refractivity contribution in [2.75, 3.05) is 13.1 Å². The Bertz CT molecular complexity index is 337. The zero-order valence-corrected chi connectivity index (χ0v) is 10.5. The summed E-state index contributed by atoms with van der Waals surface area (Å²) >= 11 is 0. The van der Waals surface area contributed by atoms with Crippen LogP contribution in [-0.4, -0.2) is 44.1 Å². The molecule has 1 aromatic rings. The molecule has 17 heavy (non-hydrogen) atoms. The van der Waals surface area contributed by atoms with Crippen LogP contribution in [0.2, 0.25) is 0 Å². The van der Waals surface area contributed by atoms with Crippen molar-refractivity contribution in [1.29, 1.82) is 0 Å². The van der Waals surface area contributed by atoms with E-state index in [1.165, 1.54) is 38.8 Å². The molecule has 1 fully saturated rings.